The second-order valence-electron chi connectivity index (χ2n) is 6.39. The Hall–Kier alpha value is -2.75. The molecule has 1 unspecified atom stereocenters. The number of nitrogens with one attached hydrogen (secondary N) is 1. The lowest BCUT2D eigenvalue weighted by Gasteiger charge is -2.15. The Morgan fingerprint density at radius 2 is 1.59 bits per heavy atom. The number of hydrogen-bond acceptors (Lipinski definition) is 4. The smallest absolute Gasteiger partial charge is 0.300 e. The molecule has 0 aliphatic carbocycles. The topological polar surface area (TPSA) is 85.5 Å². The molecule has 3 aromatic carbocycles. The summed E-state index contributed by atoms with van der Waals surface area (Å²) in [5.74, 6) is -1.52. The van der Waals surface area contributed by atoms with Crippen LogP contribution < -0.4 is 5.43 Å². The van der Waals surface area contributed by atoms with Crippen LogP contribution in [0.3, 0.4) is 0 Å². The monoisotopic (exact) mass is 507 g/mol. The molecule has 0 aliphatic rings. The van der Waals surface area contributed by atoms with E-state index in [-0.39, 0.29) is 0 Å². The van der Waals surface area contributed by atoms with E-state index in [1.807, 2.05) is 30.3 Å². The Labute approximate surface area is 205 Å². The van der Waals surface area contributed by atoms with Crippen LogP contribution in [0.25, 0.3) is 0 Å². The van der Waals surface area contributed by atoms with Gasteiger partial charge in [-0.3, -0.25) is 10.2 Å². The number of rotatable bonds is 5. The van der Waals surface area contributed by atoms with Crippen molar-refractivity contribution in [2.75, 3.05) is 5.43 Å². The van der Waals surface area contributed by atoms with Gasteiger partial charge in [0.05, 0.1) is 33.9 Å². The average molecular weight is 509 g/mol. The minimum Gasteiger partial charge on any atom is -0.481 e. The van der Waals surface area contributed by atoms with Gasteiger partial charge in [0.1, 0.15) is 0 Å². The summed E-state index contributed by atoms with van der Waals surface area (Å²) in [7, 11) is 0. The second kappa shape index (κ2) is 12.3. The van der Waals surface area contributed by atoms with Crippen molar-refractivity contribution in [2.24, 2.45) is 5.10 Å². The number of aliphatic carboxylic acids is 1. The Morgan fingerprint density at radius 1 is 1.00 bits per heavy atom. The summed E-state index contributed by atoms with van der Waals surface area (Å²) < 4.78 is 0. The molecule has 32 heavy (non-hydrogen) atoms. The second-order valence-corrected chi connectivity index (χ2v) is 8.02. The Balaban J connectivity index is 0.000000837. The van der Waals surface area contributed by atoms with Gasteiger partial charge in [-0.15, -0.1) is 0 Å². The van der Waals surface area contributed by atoms with Crippen molar-refractivity contribution in [2.45, 2.75) is 12.8 Å². The minimum absolute atomic E-state index is 0.350. The minimum atomic E-state index is -0.833. The number of carboxylic acids is 1. The van der Waals surface area contributed by atoms with E-state index in [1.54, 1.807) is 36.5 Å². The third-order valence-electron chi connectivity index (χ3n) is 3.98. The van der Waals surface area contributed by atoms with Gasteiger partial charge >= 0.3 is 0 Å². The lowest BCUT2D eigenvalue weighted by atomic mass is 9.92. The number of benzene rings is 3. The molecule has 0 saturated heterocycles. The number of hydrazone groups is 1. The molecular weight excluding hydrogens is 492 g/mol. The lowest BCUT2D eigenvalue weighted by Crippen LogP contribution is -2.02. The summed E-state index contributed by atoms with van der Waals surface area (Å²) in [6.07, 6.45) is 1.68. The van der Waals surface area contributed by atoms with E-state index < -0.39 is 11.9 Å². The third-order valence-corrected chi connectivity index (χ3v) is 5.35. The van der Waals surface area contributed by atoms with Gasteiger partial charge < -0.3 is 5.11 Å². The molecule has 0 heterocycles. The first-order valence-electron chi connectivity index (χ1n) is 9.10. The molecule has 0 spiro atoms. The number of carboxylic acid groups (broad SMARTS) is 1. The maximum atomic E-state index is 9.70. The highest BCUT2D eigenvalue weighted by molar-refractivity contribution is 6.42. The van der Waals surface area contributed by atoms with Gasteiger partial charge in [0.25, 0.3) is 5.97 Å². The standard InChI is InChI=1S/C21H13Cl4N3.C2H4O2/c22-17-7-6-14(8-18(17)23)16(11-26)21-19(24)9-15(10-20(21)25)28-27-12-13-4-2-1-3-5-13;1-2(3)4/h1-10,12,16,28H;1H3,(H,3,4)/b27-12+;. The number of nitrogens with zero attached hydrogens (tertiary/aromatic N) is 2. The van der Waals surface area contributed by atoms with Crippen LogP contribution in [0.5, 0.6) is 0 Å². The third kappa shape index (κ3) is 7.44. The van der Waals surface area contributed by atoms with Gasteiger partial charge in [0.15, 0.2) is 0 Å². The van der Waals surface area contributed by atoms with Crippen LogP contribution in [-0.2, 0) is 4.79 Å². The fourth-order valence-electron chi connectivity index (χ4n) is 2.64. The van der Waals surface area contributed by atoms with Crippen LogP contribution in [0.4, 0.5) is 5.69 Å². The fraction of sp³-hybridized carbons (Fsp3) is 0.0870. The fourth-order valence-corrected chi connectivity index (χ4v) is 3.65. The van der Waals surface area contributed by atoms with E-state index in [4.69, 9.17) is 56.3 Å². The zero-order chi connectivity index (χ0) is 23.7. The molecule has 164 valence electrons. The summed E-state index contributed by atoms with van der Waals surface area (Å²) >= 11 is 24.9. The molecule has 0 radical (unpaired) electrons. The van der Waals surface area contributed by atoms with Gasteiger partial charge in [-0.2, -0.15) is 10.4 Å². The molecule has 0 fully saturated rings. The molecule has 3 rings (SSSR count). The van der Waals surface area contributed by atoms with Gasteiger partial charge in [0, 0.05) is 22.5 Å². The highest BCUT2D eigenvalue weighted by atomic mass is 35.5. The van der Waals surface area contributed by atoms with Gasteiger partial charge in [0.2, 0.25) is 0 Å². The molecule has 2 N–H and O–H groups in total. The summed E-state index contributed by atoms with van der Waals surface area (Å²) in [6, 6.07) is 20.2. The summed E-state index contributed by atoms with van der Waals surface area (Å²) in [5.41, 5.74) is 5.61. The number of hydrogen-bond donors (Lipinski definition) is 2. The summed E-state index contributed by atoms with van der Waals surface area (Å²) in [5, 5.41) is 22.8. The van der Waals surface area contributed by atoms with Gasteiger partial charge in [-0.1, -0.05) is 82.8 Å². The van der Waals surface area contributed by atoms with E-state index >= 15 is 0 Å². The van der Waals surface area contributed by atoms with E-state index in [2.05, 4.69) is 16.6 Å². The largest absolute Gasteiger partial charge is 0.481 e. The van der Waals surface area contributed by atoms with Gasteiger partial charge in [-0.25, -0.2) is 0 Å². The van der Waals surface area contributed by atoms with Crippen LogP contribution in [0, 0.1) is 11.3 Å². The molecule has 0 aliphatic heterocycles. The molecule has 1 atom stereocenters. The predicted octanol–water partition coefficient (Wildman–Crippen LogP) is 7.49. The molecule has 5 nitrogen and oxygen atoms in total. The van der Waals surface area contributed by atoms with Crippen molar-refractivity contribution in [1.82, 2.24) is 0 Å². The Kier molecular flexibility index (Phi) is 9.83. The van der Waals surface area contributed by atoms with E-state index in [1.165, 1.54) is 0 Å². The first kappa shape index (κ1) is 25.5. The van der Waals surface area contributed by atoms with Crippen molar-refractivity contribution in [3.8, 4) is 6.07 Å². The van der Waals surface area contributed by atoms with Crippen molar-refractivity contribution < 1.29 is 9.90 Å². The van der Waals surface area contributed by atoms with Crippen molar-refractivity contribution in [1.29, 1.82) is 5.26 Å². The van der Waals surface area contributed by atoms with Crippen LogP contribution in [0.2, 0.25) is 20.1 Å². The molecular formula is C23H17Cl4N3O2. The molecule has 9 heteroatoms. The first-order chi connectivity index (χ1) is 15.2. The molecule has 0 amide bonds. The van der Waals surface area contributed by atoms with Crippen molar-refractivity contribution in [3.63, 3.8) is 0 Å². The maximum Gasteiger partial charge on any atom is 0.300 e. The van der Waals surface area contributed by atoms with Crippen LogP contribution in [0.15, 0.2) is 65.8 Å². The van der Waals surface area contributed by atoms with Crippen molar-refractivity contribution >= 4 is 64.3 Å². The zero-order valence-corrected chi connectivity index (χ0v) is 19.7. The zero-order valence-electron chi connectivity index (χ0n) is 16.7. The molecule has 3 aromatic rings. The molecule has 0 bridgehead atoms. The SMILES string of the molecule is CC(=O)O.N#CC(c1ccc(Cl)c(Cl)c1)c1c(Cl)cc(N/N=C/c2ccccc2)cc1Cl. The van der Waals surface area contributed by atoms with Crippen LogP contribution in [-0.4, -0.2) is 17.3 Å². The maximum absolute atomic E-state index is 9.70. The Morgan fingerprint density at radius 3 is 2.12 bits per heavy atom. The highest BCUT2D eigenvalue weighted by Gasteiger charge is 2.21. The predicted molar refractivity (Wildman–Crippen MR) is 131 cm³/mol. The number of halogens is 4. The highest BCUT2D eigenvalue weighted by Crippen LogP contribution is 2.39. The van der Waals surface area contributed by atoms with E-state index in [0.717, 1.165) is 12.5 Å². The number of anilines is 1. The van der Waals surface area contributed by atoms with E-state index in [0.29, 0.717) is 36.9 Å². The molecule has 0 aromatic heterocycles. The number of nitriles is 1. The van der Waals surface area contributed by atoms with Gasteiger partial charge in [-0.05, 0) is 35.4 Å². The lowest BCUT2D eigenvalue weighted by molar-refractivity contribution is -0.134. The van der Waals surface area contributed by atoms with Crippen LogP contribution in [0.1, 0.15) is 29.5 Å². The summed E-state index contributed by atoms with van der Waals surface area (Å²) in [6.45, 7) is 1.08. The average Bonchev–Trinajstić information content (AvgIpc) is 2.73. The van der Waals surface area contributed by atoms with Crippen molar-refractivity contribution in [3.05, 3.63) is 97.4 Å². The van der Waals surface area contributed by atoms with E-state index in [9.17, 15) is 5.26 Å². The Bertz CT molecular complexity index is 1130. The normalized spacial score (nSPS) is 11.2. The molecule has 0 saturated carbocycles. The summed E-state index contributed by atoms with van der Waals surface area (Å²) in [4.78, 5) is 9.00. The van der Waals surface area contributed by atoms with Crippen LogP contribution >= 0.6 is 46.4 Å². The first-order valence-corrected chi connectivity index (χ1v) is 10.6. The quantitative estimate of drug-likeness (QED) is 0.276. The number of carbonyl (C=O) groups is 1.